The Labute approximate surface area is 259 Å². The molecule has 1 aromatic heterocycles. The Hall–Kier alpha value is -4.22. The molecular weight excluding hydrogens is 628 g/mol. The molecule has 9 nitrogen and oxygen atoms in total. The fourth-order valence-electron chi connectivity index (χ4n) is 3.59. The number of ether oxygens (including phenoxy) is 4. The molecule has 0 saturated heterocycles. The average molecular weight is 645 g/mol. The molecule has 0 radical (unpaired) electrons. The Morgan fingerprint density at radius 1 is 0.833 bits per heavy atom. The van der Waals surface area contributed by atoms with Crippen LogP contribution in [0.2, 0.25) is 20.1 Å². The van der Waals surface area contributed by atoms with Crippen LogP contribution in [0.4, 0.5) is 0 Å². The Bertz CT molecular complexity index is 1710. The quantitative estimate of drug-likeness (QED) is 0.145. The number of hydrogen-bond donors (Lipinski definition) is 1. The van der Waals surface area contributed by atoms with Gasteiger partial charge in [0.25, 0.3) is 0 Å². The minimum absolute atomic E-state index is 0.0731. The zero-order chi connectivity index (χ0) is 30.2. The van der Waals surface area contributed by atoms with Gasteiger partial charge in [-0.15, -0.1) is 0 Å². The number of carbonyl (C=O) groups is 1. The summed E-state index contributed by atoms with van der Waals surface area (Å²) in [6.07, 6.45) is -1.66. The summed E-state index contributed by atoms with van der Waals surface area (Å²) < 4.78 is 21.8. The van der Waals surface area contributed by atoms with Crippen molar-refractivity contribution in [1.29, 1.82) is 10.5 Å². The van der Waals surface area contributed by atoms with E-state index in [2.05, 4.69) is 4.98 Å². The molecule has 1 N–H and O–H groups in total. The lowest BCUT2D eigenvalue weighted by Gasteiger charge is -2.18. The predicted octanol–water partition coefficient (Wildman–Crippen LogP) is 6.87. The van der Waals surface area contributed by atoms with Crippen molar-refractivity contribution in [3.8, 4) is 46.5 Å². The van der Waals surface area contributed by atoms with Crippen molar-refractivity contribution in [2.75, 3.05) is 13.2 Å². The zero-order valence-corrected chi connectivity index (χ0v) is 24.2. The molecule has 0 aliphatic heterocycles. The van der Waals surface area contributed by atoms with E-state index in [0.717, 1.165) is 0 Å². The lowest BCUT2D eigenvalue weighted by Crippen LogP contribution is -2.26. The van der Waals surface area contributed by atoms with E-state index in [4.69, 9.17) is 65.4 Å². The molecule has 3 aromatic carbocycles. The second kappa shape index (κ2) is 14.1. The van der Waals surface area contributed by atoms with Crippen molar-refractivity contribution in [3.63, 3.8) is 0 Å². The maximum atomic E-state index is 12.7. The summed E-state index contributed by atoms with van der Waals surface area (Å²) in [5.41, 5.74) is 0.0916. The van der Waals surface area contributed by atoms with Gasteiger partial charge in [-0.2, -0.15) is 15.5 Å². The molecule has 1 atom stereocenters. The van der Waals surface area contributed by atoms with E-state index < -0.39 is 37.2 Å². The molecule has 0 fully saturated rings. The minimum Gasteiger partial charge on any atom is -0.485 e. The molecule has 4 aromatic rings. The standard InChI is InChI=1S/C29H17Cl4N3O6/c30-17-6-8-23(21(32)10-17)39-14-25(37)41-28-19(12-34)27(16-4-2-1-3-5-16)20(13-35)29(36-28)42-26(38)15-40-24-9-7-18(31)11-22(24)33/h1-11,25,37H,14-15H2. The number of rotatable bonds is 10. The number of benzene rings is 3. The number of esters is 1. The maximum absolute atomic E-state index is 12.7. The second-order valence-corrected chi connectivity index (χ2v) is 9.92. The fourth-order valence-corrected chi connectivity index (χ4v) is 4.51. The fraction of sp³-hybridized carbons (Fsp3) is 0.103. The third kappa shape index (κ3) is 7.54. The van der Waals surface area contributed by atoms with Crippen LogP contribution in [0.3, 0.4) is 0 Å². The highest BCUT2D eigenvalue weighted by Gasteiger charge is 2.26. The molecule has 0 aliphatic rings. The van der Waals surface area contributed by atoms with Crippen molar-refractivity contribution in [2.45, 2.75) is 6.29 Å². The van der Waals surface area contributed by atoms with Crippen LogP contribution in [0.1, 0.15) is 11.1 Å². The molecule has 1 heterocycles. The largest absolute Gasteiger partial charge is 0.485 e. The van der Waals surface area contributed by atoms with E-state index in [1.54, 1.807) is 36.4 Å². The highest BCUT2D eigenvalue weighted by molar-refractivity contribution is 6.36. The third-order valence-electron chi connectivity index (χ3n) is 5.39. The van der Waals surface area contributed by atoms with Gasteiger partial charge in [0.05, 0.1) is 10.0 Å². The average Bonchev–Trinajstić information content (AvgIpc) is 2.96. The first-order chi connectivity index (χ1) is 20.2. The number of carbonyl (C=O) groups excluding carboxylic acids is 1. The molecule has 0 aliphatic carbocycles. The van der Waals surface area contributed by atoms with E-state index in [0.29, 0.717) is 15.6 Å². The van der Waals surface area contributed by atoms with Crippen LogP contribution in [-0.4, -0.2) is 35.6 Å². The van der Waals surface area contributed by atoms with Crippen LogP contribution < -0.4 is 18.9 Å². The normalized spacial score (nSPS) is 11.1. The Kier molecular flexibility index (Phi) is 10.3. The van der Waals surface area contributed by atoms with Crippen molar-refractivity contribution < 1.29 is 28.8 Å². The van der Waals surface area contributed by atoms with Crippen molar-refractivity contribution in [3.05, 3.63) is 97.9 Å². The van der Waals surface area contributed by atoms with E-state index in [1.807, 2.05) is 12.1 Å². The van der Waals surface area contributed by atoms with Gasteiger partial charge in [0.2, 0.25) is 18.1 Å². The Balaban J connectivity index is 1.64. The monoisotopic (exact) mass is 643 g/mol. The summed E-state index contributed by atoms with van der Waals surface area (Å²) in [5, 5.41) is 31.7. The summed E-state index contributed by atoms with van der Waals surface area (Å²) in [7, 11) is 0. The summed E-state index contributed by atoms with van der Waals surface area (Å²) in [5.74, 6) is -1.45. The molecule has 0 saturated carbocycles. The van der Waals surface area contributed by atoms with Gasteiger partial charge in [-0.05, 0) is 42.0 Å². The molecule has 0 bridgehead atoms. The number of halogens is 4. The van der Waals surface area contributed by atoms with E-state index in [9.17, 15) is 20.4 Å². The van der Waals surface area contributed by atoms with Crippen LogP contribution in [0, 0.1) is 22.7 Å². The van der Waals surface area contributed by atoms with E-state index in [1.165, 1.54) is 30.3 Å². The number of nitrogens with zero attached hydrogens (tertiary/aromatic N) is 3. The van der Waals surface area contributed by atoms with E-state index in [-0.39, 0.29) is 38.2 Å². The molecule has 13 heteroatoms. The number of aromatic nitrogens is 1. The van der Waals surface area contributed by atoms with Crippen molar-refractivity contribution >= 4 is 52.4 Å². The lowest BCUT2D eigenvalue weighted by molar-refractivity contribution is -0.136. The number of hydrogen-bond acceptors (Lipinski definition) is 9. The van der Waals surface area contributed by atoms with Crippen molar-refractivity contribution in [2.24, 2.45) is 0 Å². The van der Waals surface area contributed by atoms with Gasteiger partial charge in [-0.1, -0.05) is 76.7 Å². The van der Waals surface area contributed by atoms with E-state index >= 15 is 0 Å². The molecule has 1 unspecified atom stereocenters. The SMILES string of the molecule is N#Cc1c(OC(=O)COc2ccc(Cl)cc2Cl)nc(OC(O)COc2ccc(Cl)cc2Cl)c(C#N)c1-c1ccccc1. The smallest absolute Gasteiger partial charge is 0.350 e. The first-order valence-corrected chi connectivity index (χ1v) is 13.4. The Morgan fingerprint density at radius 2 is 1.40 bits per heavy atom. The minimum atomic E-state index is -1.66. The van der Waals surface area contributed by atoms with Gasteiger partial charge in [0, 0.05) is 15.6 Å². The number of nitriles is 2. The van der Waals surface area contributed by atoms with Gasteiger partial charge in [-0.25, -0.2) is 4.79 Å². The molecule has 0 amide bonds. The highest BCUT2D eigenvalue weighted by Crippen LogP contribution is 2.37. The Morgan fingerprint density at radius 3 is 1.98 bits per heavy atom. The number of aliphatic hydroxyl groups excluding tert-OH is 1. The zero-order valence-electron chi connectivity index (χ0n) is 21.2. The predicted molar refractivity (Wildman–Crippen MR) is 155 cm³/mol. The maximum Gasteiger partial charge on any atom is 0.350 e. The first kappa shape index (κ1) is 30.7. The summed E-state index contributed by atoms with van der Waals surface area (Å²) in [4.78, 5) is 16.8. The molecule has 0 spiro atoms. The van der Waals surface area contributed by atoms with Crippen LogP contribution in [0.5, 0.6) is 23.3 Å². The summed E-state index contributed by atoms with van der Waals surface area (Å²) >= 11 is 24.0. The first-order valence-electron chi connectivity index (χ1n) is 11.8. The van der Waals surface area contributed by atoms with Gasteiger partial charge >= 0.3 is 5.97 Å². The van der Waals surface area contributed by atoms with Gasteiger partial charge in [0.1, 0.15) is 34.8 Å². The number of pyridine rings is 1. The van der Waals surface area contributed by atoms with Crippen LogP contribution in [0.15, 0.2) is 66.7 Å². The summed E-state index contributed by atoms with van der Waals surface area (Å²) in [6.45, 7) is -1.04. The van der Waals surface area contributed by atoms with Gasteiger partial charge in [0.15, 0.2) is 13.2 Å². The van der Waals surface area contributed by atoms with Crippen LogP contribution >= 0.6 is 46.4 Å². The third-order valence-corrected chi connectivity index (χ3v) is 6.45. The molecular formula is C29H17Cl4N3O6. The second-order valence-electron chi connectivity index (χ2n) is 8.23. The highest BCUT2D eigenvalue weighted by atomic mass is 35.5. The topological polar surface area (TPSA) is 135 Å². The molecule has 42 heavy (non-hydrogen) atoms. The molecule has 212 valence electrons. The van der Waals surface area contributed by atoms with Crippen LogP contribution in [0.25, 0.3) is 11.1 Å². The summed E-state index contributed by atoms with van der Waals surface area (Å²) in [6, 6.07) is 21.2. The van der Waals surface area contributed by atoms with Gasteiger partial charge in [-0.3, -0.25) is 0 Å². The van der Waals surface area contributed by atoms with Crippen LogP contribution in [-0.2, 0) is 4.79 Å². The van der Waals surface area contributed by atoms with Gasteiger partial charge < -0.3 is 24.1 Å². The number of aliphatic hydroxyl groups is 1. The van der Waals surface area contributed by atoms with Crippen molar-refractivity contribution in [1.82, 2.24) is 4.98 Å². The molecule has 4 rings (SSSR count). The lowest BCUT2D eigenvalue weighted by atomic mass is 9.97.